The third kappa shape index (κ3) is 5.25. The van der Waals surface area contributed by atoms with Gasteiger partial charge in [-0.3, -0.25) is 4.79 Å². The van der Waals surface area contributed by atoms with Gasteiger partial charge in [0.1, 0.15) is 5.75 Å². The number of benzene rings is 3. The van der Waals surface area contributed by atoms with Gasteiger partial charge >= 0.3 is 0 Å². The number of nitrogens with one attached hydrogen (secondary N) is 2. The number of thioether (sulfide) groups is 1. The Morgan fingerprint density at radius 2 is 1.67 bits per heavy atom. The van der Waals surface area contributed by atoms with Gasteiger partial charge in [0.25, 0.3) is 5.91 Å². The van der Waals surface area contributed by atoms with Crippen LogP contribution in [-0.4, -0.2) is 30.3 Å². The Morgan fingerprint density at radius 3 is 2.33 bits per heavy atom. The second-order valence-electron chi connectivity index (χ2n) is 9.03. The summed E-state index contributed by atoms with van der Waals surface area (Å²) in [7, 11) is 1.67. The van der Waals surface area contributed by atoms with E-state index in [0.717, 1.165) is 28.3 Å². The number of hydrogen-bond donors (Lipinski definition) is 2. The van der Waals surface area contributed by atoms with Crippen LogP contribution in [-0.2, 0) is 5.41 Å². The molecule has 1 aromatic heterocycles. The number of carbonyl (C=O) groups excluding carboxylic acids is 1. The topological polar surface area (TPSA) is 54.1 Å². The summed E-state index contributed by atoms with van der Waals surface area (Å²) >= 11 is 1.75. The molecular formula is C28H30N2O2S. The van der Waals surface area contributed by atoms with Crippen LogP contribution in [0, 0.1) is 0 Å². The minimum atomic E-state index is -0.0367. The molecule has 4 aromatic rings. The lowest BCUT2D eigenvalue weighted by Gasteiger charge is -2.19. The lowest BCUT2D eigenvalue weighted by atomic mass is 9.87. The summed E-state index contributed by atoms with van der Waals surface area (Å²) in [5.41, 5.74) is 5.30. The zero-order valence-corrected chi connectivity index (χ0v) is 20.4. The van der Waals surface area contributed by atoms with E-state index < -0.39 is 0 Å². The summed E-state index contributed by atoms with van der Waals surface area (Å²) in [5.74, 6) is 1.57. The Labute approximate surface area is 199 Å². The number of aromatic nitrogens is 1. The summed E-state index contributed by atoms with van der Waals surface area (Å²) in [6, 6.07) is 24.3. The number of fused-ring (bicyclic) bond motifs is 1. The summed E-state index contributed by atoms with van der Waals surface area (Å²) in [5, 5.41) is 4.25. The van der Waals surface area contributed by atoms with Crippen molar-refractivity contribution in [3.05, 3.63) is 83.9 Å². The van der Waals surface area contributed by atoms with Crippen LogP contribution in [0.3, 0.4) is 0 Å². The smallest absolute Gasteiger partial charge is 0.251 e. The van der Waals surface area contributed by atoms with Crippen molar-refractivity contribution in [1.82, 2.24) is 10.3 Å². The molecule has 0 spiro atoms. The number of ether oxygens (including phenoxy) is 1. The summed E-state index contributed by atoms with van der Waals surface area (Å²) < 4.78 is 5.30. The number of para-hydroxylation sites is 1. The van der Waals surface area contributed by atoms with Crippen molar-refractivity contribution in [3.63, 3.8) is 0 Å². The van der Waals surface area contributed by atoms with E-state index in [-0.39, 0.29) is 11.3 Å². The number of rotatable bonds is 7. The first kappa shape index (κ1) is 23.0. The zero-order chi connectivity index (χ0) is 23.4. The lowest BCUT2D eigenvalue weighted by molar-refractivity contribution is 0.0956. The third-order valence-electron chi connectivity index (χ3n) is 5.68. The number of amides is 1. The Balaban J connectivity index is 1.44. The monoisotopic (exact) mass is 458 g/mol. The molecule has 1 heterocycles. The van der Waals surface area contributed by atoms with Crippen molar-refractivity contribution in [3.8, 4) is 17.0 Å². The van der Waals surface area contributed by atoms with Crippen LogP contribution < -0.4 is 10.1 Å². The molecule has 4 rings (SSSR count). The van der Waals surface area contributed by atoms with Gasteiger partial charge in [0.2, 0.25) is 0 Å². The van der Waals surface area contributed by atoms with E-state index in [9.17, 15) is 4.79 Å². The van der Waals surface area contributed by atoms with Gasteiger partial charge in [-0.1, -0.05) is 51.1 Å². The largest absolute Gasteiger partial charge is 0.497 e. The van der Waals surface area contributed by atoms with Gasteiger partial charge in [0.15, 0.2) is 0 Å². The lowest BCUT2D eigenvalue weighted by Crippen LogP contribution is -2.25. The molecule has 0 aliphatic carbocycles. The molecule has 3 aromatic carbocycles. The Bertz CT molecular complexity index is 1240. The highest BCUT2D eigenvalue weighted by Gasteiger charge is 2.15. The molecule has 0 saturated heterocycles. The molecule has 2 N–H and O–H groups in total. The Kier molecular flexibility index (Phi) is 6.80. The van der Waals surface area contributed by atoms with Crippen LogP contribution in [0.4, 0.5) is 0 Å². The summed E-state index contributed by atoms with van der Waals surface area (Å²) in [4.78, 5) is 17.3. The summed E-state index contributed by atoms with van der Waals surface area (Å²) in [6.45, 7) is 7.10. The van der Waals surface area contributed by atoms with Gasteiger partial charge in [-0.15, -0.1) is 11.8 Å². The molecular weight excluding hydrogens is 428 g/mol. The molecule has 0 atom stereocenters. The van der Waals surface area contributed by atoms with Crippen molar-refractivity contribution >= 4 is 28.6 Å². The van der Waals surface area contributed by atoms with Crippen molar-refractivity contribution in [2.24, 2.45) is 0 Å². The predicted octanol–water partition coefficient (Wildman–Crippen LogP) is 6.66. The fourth-order valence-corrected chi connectivity index (χ4v) is 4.82. The van der Waals surface area contributed by atoms with Gasteiger partial charge in [-0.2, -0.15) is 0 Å². The van der Waals surface area contributed by atoms with E-state index in [1.54, 1.807) is 18.9 Å². The highest BCUT2D eigenvalue weighted by Crippen LogP contribution is 2.38. The second-order valence-corrected chi connectivity index (χ2v) is 10.1. The fraction of sp³-hybridized carbons (Fsp3) is 0.250. The van der Waals surface area contributed by atoms with E-state index in [4.69, 9.17) is 4.74 Å². The minimum Gasteiger partial charge on any atom is -0.497 e. The molecule has 0 aliphatic heterocycles. The number of aromatic amines is 1. The van der Waals surface area contributed by atoms with Crippen LogP contribution in [0.15, 0.2) is 77.7 Å². The van der Waals surface area contributed by atoms with Gasteiger partial charge in [0, 0.05) is 33.7 Å². The molecule has 0 aliphatic rings. The first-order valence-corrected chi connectivity index (χ1v) is 12.1. The average molecular weight is 459 g/mol. The van der Waals surface area contributed by atoms with Crippen LogP contribution >= 0.6 is 11.8 Å². The fourth-order valence-electron chi connectivity index (χ4n) is 3.77. The average Bonchev–Trinajstić information content (AvgIpc) is 3.20. The molecule has 0 radical (unpaired) electrons. The van der Waals surface area contributed by atoms with Crippen molar-refractivity contribution in [1.29, 1.82) is 0 Å². The highest BCUT2D eigenvalue weighted by molar-refractivity contribution is 7.99. The van der Waals surface area contributed by atoms with Gasteiger partial charge in [-0.25, -0.2) is 0 Å². The van der Waals surface area contributed by atoms with Crippen molar-refractivity contribution in [2.75, 3.05) is 19.4 Å². The number of H-pyrrole nitrogens is 1. The van der Waals surface area contributed by atoms with Gasteiger partial charge in [0.05, 0.1) is 12.8 Å². The van der Waals surface area contributed by atoms with Gasteiger partial charge < -0.3 is 15.0 Å². The van der Waals surface area contributed by atoms with Crippen LogP contribution in [0.2, 0.25) is 0 Å². The standard InChI is InChI=1S/C28H30N2O2S/c1-28(2,3)21-13-9-20(10-14-21)27(31)29-17-18-33-26-23-7-5-6-8-24(23)30-25(26)19-11-15-22(32-4)16-12-19/h5-16,30H,17-18H2,1-4H3,(H,29,31). The Morgan fingerprint density at radius 1 is 0.970 bits per heavy atom. The first-order chi connectivity index (χ1) is 15.9. The molecule has 0 unspecified atom stereocenters. The van der Waals surface area contributed by atoms with Gasteiger partial charge in [-0.05, 0) is 59.0 Å². The van der Waals surface area contributed by atoms with E-state index in [2.05, 4.69) is 61.4 Å². The first-order valence-electron chi connectivity index (χ1n) is 11.1. The van der Waals surface area contributed by atoms with Crippen LogP contribution in [0.5, 0.6) is 5.75 Å². The molecule has 0 saturated carbocycles. The van der Waals surface area contributed by atoms with E-state index >= 15 is 0 Å². The highest BCUT2D eigenvalue weighted by atomic mass is 32.2. The normalized spacial score (nSPS) is 11.5. The summed E-state index contributed by atoms with van der Waals surface area (Å²) in [6.07, 6.45) is 0. The maximum Gasteiger partial charge on any atom is 0.251 e. The maximum atomic E-state index is 12.6. The van der Waals surface area contributed by atoms with Crippen molar-refractivity contribution in [2.45, 2.75) is 31.1 Å². The number of carbonyl (C=O) groups is 1. The number of methoxy groups -OCH3 is 1. The van der Waals surface area contributed by atoms with Crippen LogP contribution in [0.1, 0.15) is 36.7 Å². The van der Waals surface area contributed by atoms with E-state index in [1.165, 1.54) is 15.8 Å². The maximum absolute atomic E-state index is 12.6. The van der Waals surface area contributed by atoms with Crippen molar-refractivity contribution < 1.29 is 9.53 Å². The van der Waals surface area contributed by atoms with E-state index in [0.29, 0.717) is 12.1 Å². The zero-order valence-electron chi connectivity index (χ0n) is 19.6. The minimum absolute atomic E-state index is 0.0367. The molecule has 5 heteroatoms. The third-order valence-corrected chi connectivity index (χ3v) is 6.81. The molecule has 0 fully saturated rings. The second kappa shape index (κ2) is 9.75. The number of hydrogen-bond acceptors (Lipinski definition) is 3. The molecule has 4 nitrogen and oxygen atoms in total. The quantitative estimate of drug-likeness (QED) is 0.240. The van der Waals surface area contributed by atoms with Crippen LogP contribution in [0.25, 0.3) is 22.2 Å². The van der Waals surface area contributed by atoms with E-state index in [1.807, 2.05) is 42.5 Å². The SMILES string of the molecule is COc1ccc(-c2[nH]c3ccccc3c2SCCNC(=O)c2ccc(C(C)(C)C)cc2)cc1. The Hall–Kier alpha value is -3.18. The predicted molar refractivity (Wildman–Crippen MR) is 138 cm³/mol. The molecule has 170 valence electrons. The molecule has 0 bridgehead atoms. The molecule has 1 amide bonds. The molecule has 33 heavy (non-hydrogen) atoms.